The number of benzene rings is 2. The number of allylic oxidation sites excluding steroid dienone is 4. The quantitative estimate of drug-likeness (QED) is 0.442. The van der Waals surface area contributed by atoms with E-state index in [9.17, 15) is 0 Å². The molecular weight excluding hydrogens is 406 g/mol. The molecule has 0 aromatic heterocycles. The molecule has 0 saturated heterocycles. The van der Waals surface area contributed by atoms with Gasteiger partial charge < -0.3 is 37.2 Å². The maximum atomic E-state index is 2.47. The Kier molecular flexibility index (Phi) is 11.0. The Morgan fingerprint density at radius 1 is 0.840 bits per heavy atom. The third kappa shape index (κ3) is 5.74. The van der Waals surface area contributed by atoms with Crippen LogP contribution in [-0.2, 0) is 20.4 Å². The smallest absolute Gasteiger partial charge is 1.00 e. The van der Waals surface area contributed by atoms with E-state index in [0.29, 0.717) is 5.92 Å². The summed E-state index contributed by atoms with van der Waals surface area (Å²) in [5, 5.41) is 0. The Balaban J connectivity index is 0.00000192. The van der Waals surface area contributed by atoms with Gasteiger partial charge in [-0.25, -0.2) is 0 Å². The molecule has 0 nitrogen and oxygen atoms in total. The van der Waals surface area contributed by atoms with Crippen molar-refractivity contribution in [2.24, 2.45) is 0 Å². The van der Waals surface area contributed by atoms with Crippen LogP contribution in [0.2, 0.25) is 3.72 Å². The molecule has 4 heteroatoms. The molecule has 3 rings (SSSR count). The van der Waals surface area contributed by atoms with Crippen LogP contribution in [0.15, 0.2) is 84.5 Å². The van der Waals surface area contributed by atoms with E-state index in [1.807, 2.05) is 0 Å². The minimum atomic E-state index is 0. The van der Waals surface area contributed by atoms with Crippen molar-refractivity contribution >= 4 is 0 Å². The Hall–Kier alpha value is -0.496. The molecule has 2 aromatic carbocycles. The minimum absolute atomic E-state index is 0. The first-order valence-corrected chi connectivity index (χ1v) is 8.77. The van der Waals surface area contributed by atoms with Crippen LogP contribution >= 0.6 is 0 Å². The number of hydrogen-bond donors (Lipinski definition) is 0. The van der Waals surface area contributed by atoms with Gasteiger partial charge in [0.05, 0.1) is 0 Å². The fraction of sp³-hybridized carbons (Fsp3) is 0.238. The van der Waals surface area contributed by atoms with E-state index < -0.39 is 0 Å². The van der Waals surface area contributed by atoms with Gasteiger partial charge in [0.1, 0.15) is 0 Å². The third-order valence-electron chi connectivity index (χ3n) is 4.28. The zero-order chi connectivity index (χ0) is 15.4. The largest absolute Gasteiger partial charge is 1.00 e. The van der Waals surface area contributed by atoms with Gasteiger partial charge >= 0.3 is 145 Å². The molecule has 1 aliphatic rings. The average Bonchev–Trinajstić information content (AvgIpc) is 2.92. The van der Waals surface area contributed by atoms with Crippen molar-refractivity contribution < 1.29 is 57.7 Å². The maximum absolute atomic E-state index is 2.47. The fourth-order valence-corrected chi connectivity index (χ4v) is 4.25. The van der Waals surface area contributed by atoms with Gasteiger partial charge in [0.2, 0.25) is 0 Å². The second-order valence-electron chi connectivity index (χ2n) is 5.99. The molecule has 0 spiro atoms. The summed E-state index contributed by atoms with van der Waals surface area (Å²) in [7, 11) is 0. The van der Waals surface area contributed by atoms with Crippen molar-refractivity contribution in [1.82, 2.24) is 0 Å². The van der Waals surface area contributed by atoms with Gasteiger partial charge in [-0.05, 0) is 0 Å². The van der Waals surface area contributed by atoms with Crippen LogP contribution in [0.4, 0.5) is 0 Å². The van der Waals surface area contributed by atoms with E-state index >= 15 is 0 Å². The molecule has 0 radical (unpaired) electrons. The second kappa shape index (κ2) is 11.3. The van der Waals surface area contributed by atoms with Crippen molar-refractivity contribution in [1.29, 1.82) is 0 Å². The van der Waals surface area contributed by atoms with Crippen molar-refractivity contribution in [3.63, 3.8) is 0 Å². The Labute approximate surface area is 181 Å². The zero-order valence-electron chi connectivity index (χ0n) is 14.1. The van der Waals surface area contributed by atoms with E-state index in [0.717, 1.165) is 0 Å². The van der Waals surface area contributed by atoms with Crippen LogP contribution in [0.3, 0.4) is 0 Å². The summed E-state index contributed by atoms with van der Waals surface area (Å²) in [4.78, 5) is 0. The SMILES string of the molecule is CCCC1=C[C]([Ti+3])(C(c2ccccc2)c2ccccc2)C=C1.[Cl-].[Cl-].[Cl-]. The van der Waals surface area contributed by atoms with E-state index in [-0.39, 0.29) is 40.9 Å². The van der Waals surface area contributed by atoms with Crippen molar-refractivity contribution in [2.45, 2.75) is 29.4 Å². The molecule has 0 fully saturated rings. The summed E-state index contributed by atoms with van der Waals surface area (Å²) >= 11 is 2.36. The summed E-state index contributed by atoms with van der Waals surface area (Å²) in [6.45, 7) is 2.25. The van der Waals surface area contributed by atoms with Gasteiger partial charge in [0.25, 0.3) is 0 Å². The topological polar surface area (TPSA) is 0 Å². The molecule has 0 bridgehead atoms. The van der Waals surface area contributed by atoms with Crippen LogP contribution < -0.4 is 37.2 Å². The molecule has 1 aliphatic carbocycles. The molecule has 0 saturated carbocycles. The standard InChI is InChI=1S/C21H21.3ClH.Ti/c1-2-9-17-14-15-20(16-17)21(18-10-5-3-6-11-18)19-12-7-4-8-13-19;;;;/h3-8,10-16,21H,2,9H2,1H3;3*1H;/q;;;;+3/p-3. The molecular formula is C21H21Cl3Ti. The van der Waals surface area contributed by atoms with Gasteiger partial charge in [-0.15, -0.1) is 0 Å². The second-order valence-corrected chi connectivity index (χ2v) is 7.34. The van der Waals surface area contributed by atoms with Gasteiger partial charge in [0, 0.05) is 0 Å². The van der Waals surface area contributed by atoms with E-state index in [4.69, 9.17) is 0 Å². The Morgan fingerprint density at radius 3 is 1.76 bits per heavy atom. The van der Waals surface area contributed by atoms with Crippen LogP contribution in [0.1, 0.15) is 36.8 Å². The summed E-state index contributed by atoms with van der Waals surface area (Å²) in [6, 6.07) is 21.8. The monoisotopic (exact) mass is 426 g/mol. The summed E-state index contributed by atoms with van der Waals surface area (Å²) in [5.41, 5.74) is 4.24. The summed E-state index contributed by atoms with van der Waals surface area (Å²) < 4.78 is 0.0488. The Morgan fingerprint density at radius 2 is 1.32 bits per heavy atom. The van der Waals surface area contributed by atoms with Crippen molar-refractivity contribution in [3.8, 4) is 0 Å². The normalized spacial score (nSPS) is 18.0. The Bertz CT molecular complexity index is 643. The van der Waals surface area contributed by atoms with Gasteiger partial charge in [-0.1, -0.05) is 0 Å². The molecule has 0 N–H and O–H groups in total. The first-order valence-electron chi connectivity index (χ1n) is 7.99. The first-order chi connectivity index (χ1) is 10.7. The van der Waals surface area contributed by atoms with Crippen molar-refractivity contribution in [3.05, 3.63) is 95.6 Å². The summed E-state index contributed by atoms with van der Waals surface area (Å²) in [5.74, 6) is 0.362. The van der Waals surface area contributed by atoms with E-state index in [1.54, 1.807) is 0 Å². The maximum Gasteiger partial charge on any atom is -1.00 e. The average molecular weight is 428 g/mol. The molecule has 0 heterocycles. The molecule has 1 atom stereocenters. The number of halogens is 3. The third-order valence-corrected chi connectivity index (χ3v) is 5.22. The zero-order valence-corrected chi connectivity index (χ0v) is 18.0. The van der Waals surface area contributed by atoms with Crippen LogP contribution in [0.25, 0.3) is 0 Å². The first kappa shape index (κ1) is 24.5. The van der Waals surface area contributed by atoms with E-state index in [1.165, 1.54) is 29.5 Å². The van der Waals surface area contributed by atoms with Crippen LogP contribution in [-0.4, -0.2) is 0 Å². The van der Waals surface area contributed by atoms with Gasteiger partial charge in [-0.2, -0.15) is 0 Å². The van der Waals surface area contributed by atoms with Crippen LogP contribution in [0, 0.1) is 0 Å². The van der Waals surface area contributed by atoms with Crippen LogP contribution in [0.5, 0.6) is 0 Å². The molecule has 130 valence electrons. The van der Waals surface area contributed by atoms with Gasteiger partial charge in [-0.3, -0.25) is 0 Å². The predicted octanol–water partition coefficient (Wildman–Crippen LogP) is -3.17. The summed E-state index contributed by atoms with van der Waals surface area (Å²) in [6.07, 6.45) is 9.56. The molecule has 0 aliphatic heterocycles. The fourth-order valence-electron chi connectivity index (χ4n) is 3.31. The van der Waals surface area contributed by atoms with E-state index in [2.05, 4.69) is 106 Å². The molecule has 2 aromatic rings. The predicted molar refractivity (Wildman–Crippen MR) is 89.6 cm³/mol. The number of rotatable bonds is 5. The number of hydrogen-bond acceptors (Lipinski definition) is 0. The minimum Gasteiger partial charge on any atom is -1.00 e. The van der Waals surface area contributed by atoms with Gasteiger partial charge in [0.15, 0.2) is 0 Å². The molecule has 1 unspecified atom stereocenters. The van der Waals surface area contributed by atoms with Crippen molar-refractivity contribution in [2.75, 3.05) is 0 Å². The molecule has 25 heavy (non-hydrogen) atoms. The molecule has 0 amide bonds.